The second-order valence-corrected chi connectivity index (χ2v) is 7.76. The average Bonchev–Trinajstić information content (AvgIpc) is 2.73. The molecule has 0 aromatic carbocycles. The minimum Gasteiger partial charge on any atom is -0.266 e. The van der Waals surface area contributed by atoms with E-state index in [0.717, 1.165) is 16.8 Å². The van der Waals surface area contributed by atoms with Gasteiger partial charge in [0.2, 0.25) is 10.0 Å². The number of nitrogens with zero attached hydrogens (tertiary/aromatic N) is 3. The Kier molecular flexibility index (Phi) is 3.35. The molecule has 0 radical (unpaired) electrons. The van der Waals surface area contributed by atoms with Gasteiger partial charge in [-0.3, -0.25) is 4.68 Å². The van der Waals surface area contributed by atoms with E-state index in [-0.39, 0.29) is 11.5 Å². The first-order valence-corrected chi connectivity index (χ1v) is 7.89. The van der Waals surface area contributed by atoms with Crippen LogP contribution in [0.5, 0.6) is 0 Å². The van der Waals surface area contributed by atoms with Gasteiger partial charge < -0.3 is 0 Å². The van der Waals surface area contributed by atoms with Crippen LogP contribution in [0.3, 0.4) is 0 Å². The normalized spacial score (nSPS) is 21.2. The molecular weight excluding hydrogens is 262 g/mol. The molecule has 0 saturated carbocycles. The Balaban J connectivity index is 2.42. The summed E-state index contributed by atoms with van der Waals surface area (Å²) in [5, 5.41) is 5.60. The van der Waals surface area contributed by atoms with Crippen molar-refractivity contribution in [2.24, 2.45) is 0 Å². The van der Waals surface area contributed by atoms with Crippen LogP contribution in [0.4, 0.5) is 0 Å². The van der Waals surface area contributed by atoms with Crippen molar-refractivity contribution in [3.8, 4) is 0 Å². The number of sulfonamides is 1. The zero-order valence-electron chi connectivity index (χ0n) is 11.9. The predicted molar refractivity (Wildman–Crippen MR) is 75.2 cm³/mol. The van der Waals surface area contributed by atoms with E-state index in [1.807, 2.05) is 17.7 Å². The fraction of sp³-hybridized carbons (Fsp3) is 0.615. The molecular formula is C13H21N3O2S. The van der Waals surface area contributed by atoms with Crippen molar-refractivity contribution in [1.29, 1.82) is 0 Å². The lowest BCUT2D eigenvalue weighted by molar-refractivity contribution is 0.273. The van der Waals surface area contributed by atoms with E-state index in [1.165, 1.54) is 4.31 Å². The summed E-state index contributed by atoms with van der Waals surface area (Å²) in [6, 6.07) is 1.80. The number of rotatable bonds is 2. The first-order valence-electron chi connectivity index (χ1n) is 6.39. The number of hydrogen-bond donors (Lipinski definition) is 0. The molecule has 1 unspecified atom stereocenters. The number of fused-ring (bicyclic) bond motifs is 1. The molecule has 19 heavy (non-hydrogen) atoms. The van der Waals surface area contributed by atoms with Crippen LogP contribution in [0.15, 0.2) is 18.1 Å². The molecule has 2 heterocycles. The van der Waals surface area contributed by atoms with Crippen molar-refractivity contribution in [3.05, 3.63) is 29.4 Å². The largest absolute Gasteiger partial charge is 0.266 e. The predicted octanol–water partition coefficient (Wildman–Crippen LogP) is 2.03. The fourth-order valence-electron chi connectivity index (χ4n) is 2.29. The van der Waals surface area contributed by atoms with Crippen LogP contribution in [0, 0.1) is 0 Å². The summed E-state index contributed by atoms with van der Waals surface area (Å²) in [5.41, 5.74) is 1.90. The quantitative estimate of drug-likeness (QED) is 0.834. The molecule has 5 nitrogen and oxygen atoms in total. The molecule has 0 aliphatic carbocycles. The Morgan fingerprint density at radius 2 is 2.05 bits per heavy atom. The lowest BCUT2D eigenvalue weighted by Crippen LogP contribution is -2.40. The van der Waals surface area contributed by atoms with Gasteiger partial charge in [0.25, 0.3) is 0 Å². The number of hydrogen-bond acceptors (Lipinski definition) is 3. The highest BCUT2D eigenvalue weighted by Crippen LogP contribution is 2.31. The summed E-state index contributed by atoms with van der Waals surface area (Å²) in [4.78, 5) is 0. The zero-order valence-corrected chi connectivity index (χ0v) is 12.7. The third-order valence-corrected chi connectivity index (χ3v) is 5.08. The maximum Gasteiger partial charge on any atom is 0.236 e. The molecule has 6 heteroatoms. The molecule has 0 amide bonds. The van der Waals surface area contributed by atoms with E-state index >= 15 is 0 Å². The summed E-state index contributed by atoms with van der Waals surface area (Å²) in [5.74, 6) is 0. The topological polar surface area (TPSA) is 55.2 Å². The van der Waals surface area contributed by atoms with E-state index in [4.69, 9.17) is 0 Å². The van der Waals surface area contributed by atoms with Crippen molar-refractivity contribution in [3.63, 3.8) is 0 Å². The van der Waals surface area contributed by atoms with Crippen LogP contribution in [0.25, 0.3) is 0 Å². The SMILES string of the molecule is C=CS(=O)(=O)N1CCn2nc(C(C)(C)C)cc2C1C. The third kappa shape index (κ3) is 2.47. The maximum absolute atomic E-state index is 12.0. The first kappa shape index (κ1) is 14.3. The van der Waals surface area contributed by atoms with E-state index in [2.05, 4.69) is 32.4 Å². The van der Waals surface area contributed by atoms with Crippen molar-refractivity contribution in [1.82, 2.24) is 14.1 Å². The van der Waals surface area contributed by atoms with Gasteiger partial charge in [-0.2, -0.15) is 9.40 Å². The summed E-state index contributed by atoms with van der Waals surface area (Å²) in [7, 11) is -3.38. The second kappa shape index (κ2) is 4.45. The van der Waals surface area contributed by atoms with Crippen LogP contribution in [-0.2, 0) is 22.0 Å². The number of aromatic nitrogens is 2. The molecule has 1 aliphatic heterocycles. The standard InChI is InChI=1S/C13H21N3O2S/c1-6-19(17,18)16-8-7-15-11(10(16)2)9-12(14-15)13(3,4)5/h6,9-10H,1,7-8H2,2-5H3. The zero-order chi connectivity index (χ0) is 14.4. The summed E-state index contributed by atoms with van der Waals surface area (Å²) in [6.07, 6.45) is 0. The van der Waals surface area contributed by atoms with Crippen molar-refractivity contribution in [2.75, 3.05) is 6.54 Å². The second-order valence-electron chi connectivity index (χ2n) is 5.93. The van der Waals surface area contributed by atoms with Gasteiger partial charge in [0.15, 0.2) is 0 Å². The van der Waals surface area contributed by atoms with Gasteiger partial charge in [0, 0.05) is 17.4 Å². The molecule has 106 valence electrons. The Hall–Kier alpha value is -1.14. The van der Waals surface area contributed by atoms with Crippen molar-refractivity contribution < 1.29 is 8.42 Å². The van der Waals surface area contributed by atoms with E-state index in [0.29, 0.717) is 13.1 Å². The van der Waals surface area contributed by atoms with E-state index in [1.54, 1.807) is 0 Å². The van der Waals surface area contributed by atoms with E-state index < -0.39 is 10.0 Å². The molecule has 1 aliphatic rings. The molecule has 0 bridgehead atoms. The first-order chi connectivity index (χ1) is 8.66. The minimum absolute atomic E-state index is 0.0355. The van der Waals surface area contributed by atoms with Crippen LogP contribution >= 0.6 is 0 Å². The Labute approximate surface area is 115 Å². The van der Waals surface area contributed by atoms with Crippen LogP contribution in [-0.4, -0.2) is 29.0 Å². The monoisotopic (exact) mass is 283 g/mol. The Morgan fingerprint density at radius 3 is 2.58 bits per heavy atom. The van der Waals surface area contributed by atoms with E-state index in [9.17, 15) is 8.42 Å². The molecule has 1 aromatic rings. The molecule has 0 saturated heterocycles. The Morgan fingerprint density at radius 1 is 1.42 bits per heavy atom. The smallest absolute Gasteiger partial charge is 0.236 e. The Bertz CT molecular complexity index is 596. The summed E-state index contributed by atoms with van der Waals surface area (Å²) >= 11 is 0. The minimum atomic E-state index is -3.38. The van der Waals surface area contributed by atoms with Gasteiger partial charge in [-0.05, 0) is 13.0 Å². The van der Waals surface area contributed by atoms with Gasteiger partial charge in [-0.15, -0.1) is 0 Å². The molecule has 1 atom stereocenters. The molecule has 0 spiro atoms. The van der Waals surface area contributed by atoms with Gasteiger partial charge in [-0.1, -0.05) is 27.4 Å². The fourth-order valence-corrected chi connectivity index (χ4v) is 3.37. The molecule has 0 fully saturated rings. The highest BCUT2D eigenvalue weighted by molar-refractivity contribution is 7.92. The van der Waals surface area contributed by atoms with Gasteiger partial charge in [0.05, 0.1) is 24.0 Å². The highest BCUT2D eigenvalue weighted by atomic mass is 32.2. The average molecular weight is 283 g/mol. The van der Waals surface area contributed by atoms with Gasteiger partial charge in [-0.25, -0.2) is 8.42 Å². The molecule has 2 rings (SSSR count). The van der Waals surface area contributed by atoms with Crippen LogP contribution in [0.2, 0.25) is 0 Å². The van der Waals surface area contributed by atoms with Crippen molar-refractivity contribution >= 4 is 10.0 Å². The summed E-state index contributed by atoms with van der Waals surface area (Å²) in [6.45, 7) is 12.6. The maximum atomic E-state index is 12.0. The van der Waals surface area contributed by atoms with Crippen molar-refractivity contribution in [2.45, 2.75) is 45.7 Å². The van der Waals surface area contributed by atoms with Crippen LogP contribution in [0.1, 0.15) is 45.1 Å². The third-order valence-electron chi connectivity index (χ3n) is 3.51. The van der Waals surface area contributed by atoms with Gasteiger partial charge in [0.1, 0.15) is 0 Å². The lowest BCUT2D eigenvalue weighted by Gasteiger charge is -2.31. The lowest BCUT2D eigenvalue weighted by atomic mass is 9.92. The summed E-state index contributed by atoms with van der Waals surface area (Å²) < 4.78 is 27.3. The highest BCUT2D eigenvalue weighted by Gasteiger charge is 2.33. The molecule has 0 N–H and O–H groups in total. The van der Waals surface area contributed by atoms with Crippen LogP contribution < -0.4 is 0 Å². The van der Waals surface area contributed by atoms with Gasteiger partial charge >= 0.3 is 0 Å². The molecule has 1 aromatic heterocycles.